The number of fused-ring (bicyclic) bond motifs is 1. The summed E-state index contributed by atoms with van der Waals surface area (Å²) in [5.41, 5.74) is 5.23. The molecule has 0 amide bonds. The van der Waals surface area contributed by atoms with Crippen molar-refractivity contribution < 1.29 is 19.4 Å². The van der Waals surface area contributed by atoms with Crippen LogP contribution >= 0.6 is 11.3 Å². The fourth-order valence-electron chi connectivity index (χ4n) is 3.45. The van der Waals surface area contributed by atoms with E-state index in [1.165, 1.54) is 11.5 Å². The first-order chi connectivity index (χ1) is 12.7. The number of aromatic amines is 1. The third kappa shape index (κ3) is 3.62. The molecule has 2 aromatic rings. The second kappa shape index (κ2) is 7.41. The second-order valence-electron chi connectivity index (χ2n) is 6.60. The van der Waals surface area contributed by atoms with E-state index in [1.54, 1.807) is 6.92 Å². The third-order valence-electron chi connectivity index (χ3n) is 4.68. The number of rotatable bonds is 5. The molecule has 1 aliphatic heterocycles. The molecule has 1 aliphatic rings. The number of esters is 1. The number of aromatic nitrogens is 3. The molecule has 0 radical (unpaired) electrons. The number of nitrogen functional groups attached to an aromatic ring is 1. The molecular formula is C16H22N4O6S. The van der Waals surface area contributed by atoms with E-state index < -0.39 is 46.9 Å². The first-order valence-electron chi connectivity index (χ1n) is 8.64. The molecule has 2 aromatic heterocycles. The summed E-state index contributed by atoms with van der Waals surface area (Å²) < 4.78 is 12.7. The van der Waals surface area contributed by atoms with E-state index in [0.717, 1.165) is 11.3 Å². The molecule has 0 aliphatic carbocycles. The van der Waals surface area contributed by atoms with Crippen LogP contribution in [0.15, 0.2) is 9.59 Å². The van der Waals surface area contributed by atoms with Crippen LogP contribution in [-0.2, 0) is 14.3 Å². The topological polar surface area (TPSA) is 150 Å². The number of thiazole rings is 1. The Bertz CT molecular complexity index is 964. The number of hydrogen-bond acceptors (Lipinski definition) is 9. The van der Waals surface area contributed by atoms with E-state index in [4.69, 9.17) is 15.2 Å². The van der Waals surface area contributed by atoms with Crippen molar-refractivity contribution >= 4 is 33.6 Å². The molecule has 2 unspecified atom stereocenters. The van der Waals surface area contributed by atoms with Crippen LogP contribution in [0.3, 0.4) is 0 Å². The monoisotopic (exact) mass is 398 g/mol. The smallest absolute Gasteiger partial charge is 0.311 e. The Labute approximate surface area is 157 Å². The number of aliphatic hydroxyl groups is 1. The molecule has 27 heavy (non-hydrogen) atoms. The van der Waals surface area contributed by atoms with Gasteiger partial charge >= 0.3 is 10.8 Å². The third-order valence-corrected chi connectivity index (χ3v) is 5.63. The molecule has 1 fully saturated rings. The first kappa shape index (κ1) is 19.5. The molecule has 10 nitrogen and oxygen atoms in total. The fraction of sp³-hybridized carbons (Fsp3) is 0.625. The number of hydrogen-bond donors (Lipinski definition) is 3. The van der Waals surface area contributed by atoms with Crippen LogP contribution in [0.25, 0.3) is 10.3 Å². The molecule has 0 saturated carbocycles. The predicted molar refractivity (Wildman–Crippen MR) is 98.5 cm³/mol. The molecule has 3 rings (SSSR count). The summed E-state index contributed by atoms with van der Waals surface area (Å²) in [7, 11) is 0. The molecule has 0 bridgehead atoms. The minimum absolute atomic E-state index is 0.114. The molecular weight excluding hydrogens is 376 g/mol. The number of nitrogens with one attached hydrogen (secondary N) is 1. The van der Waals surface area contributed by atoms with Crippen molar-refractivity contribution in [2.75, 3.05) is 5.73 Å². The van der Waals surface area contributed by atoms with Gasteiger partial charge in [-0.2, -0.15) is 4.98 Å². The van der Waals surface area contributed by atoms with Crippen LogP contribution in [0.5, 0.6) is 0 Å². The molecule has 4 N–H and O–H groups in total. The molecule has 3 heterocycles. The maximum atomic E-state index is 12.6. The Morgan fingerprint density at radius 1 is 1.56 bits per heavy atom. The number of anilines is 1. The van der Waals surface area contributed by atoms with Crippen LogP contribution in [0, 0.1) is 5.92 Å². The van der Waals surface area contributed by atoms with E-state index in [1.807, 2.05) is 6.92 Å². The van der Waals surface area contributed by atoms with E-state index >= 15 is 0 Å². The maximum Gasteiger partial charge on any atom is 0.311 e. The standard InChI is InChI=1S/C16H22N4O6S/c1-4-9(25-7(3)22)10-5-8(6(2)21)14(26-10)20-12-11(27-16(20)24)13(23)19-15(17)18-12/h6,8-10,14,21H,4-5H2,1-3H3,(H3,17,18,19,23)/t6?,8-,9?,10-,14+/m0/s1. The zero-order chi connectivity index (χ0) is 19.9. The summed E-state index contributed by atoms with van der Waals surface area (Å²) in [6.45, 7) is 4.77. The van der Waals surface area contributed by atoms with E-state index in [0.29, 0.717) is 12.8 Å². The number of carbonyl (C=O) groups is 1. The summed E-state index contributed by atoms with van der Waals surface area (Å²) in [6.07, 6.45) is -1.74. The maximum absolute atomic E-state index is 12.6. The predicted octanol–water partition coefficient (Wildman–Crippen LogP) is 0.355. The highest BCUT2D eigenvalue weighted by Crippen LogP contribution is 2.39. The number of carbonyl (C=O) groups excluding carboxylic acids is 1. The zero-order valence-corrected chi connectivity index (χ0v) is 16.0. The van der Waals surface area contributed by atoms with Crippen molar-refractivity contribution in [3.05, 3.63) is 20.0 Å². The van der Waals surface area contributed by atoms with Crippen LogP contribution in [0.1, 0.15) is 39.8 Å². The van der Waals surface area contributed by atoms with Crippen molar-refractivity contribution in [3.8, 4) is 0 Å². The van der Waals surface area contributed by atoms with Crippen molar-refractivity contribution in [1.82, 2.24) is 14.5 Å². The lowest BCUT2D eigenvalue weighted by molar-refractivity contribution is -0.156. The quantitative estimate of drug-likeness (QED) is 0.611. The second-order valence-corrected chi connectivity index (χ2v) is 7.56. The normalized spacial score (nSPS) is 24.8. The largest absolute Gasteiger partial charge is 0.460 e. The molecule has 11 heteroatoms. The first-order valence-corrected chi connectivity index (χ1v) is 9.46. The summed E-state index contributed by atoms with van der Waals surface area (Å²) in [5.74, 6) is -0.993. The van der Waals surface area contributed by atoms with Gasteiger partial charge in [0.1, 0.15) is 17.0 Å². The average Bonchev–Trinajstić information content (AvgIpc) is 3.13. The van der Waals surface area contributed by atoms with Crippen LogP contribution in [-0.4, -0.2) is 43.9 Å². The zero-order valence-electron chi connectivity index (χ0n) is 15.2. The highest BCUT2D eigenvalue weighted by molar-refractivity contribution is 7.16. The Balaban J connectivity index is 2.06. The average molecular weight is 398 g/mol. The highest BCUT2D eigenvalue weighted by atomic mass is 32.1. The lowest BCUT2D eigenvalue weighted by Crippen LogP contribution is -2.31. The molecule has 5 atom stereocenters. The summed E-state index contributed by atoms with van der Waals surface area (Å²) in [4.78, 5) is 42.0. The molecule has 0 aromatic carbocycles. The van der Waals surface area contributed by atoms with Gasteiger partial charge in [0.25, 0.3) is 5.56 Å². The van der Waals surface area contributed by atoms with E-state index in [9.17, 15) is 19.5 Å². The Morgan fingerprint density at radius 3 is 2.85 bits per heavy atom. The van der Waals surface area contributed by atoms with Crippen molar-refractivity contribution in [2.45, 2.75) is 58.2 Å². The van der Waals surface area contributed by atoms with Crippen LogP contribution < -0.4 is 16.2 Å². The highest BCUT2D eigenvalue weighted by Gasteiger charge is 2.44. The Morgan fingerprint density at radius 2 is 2.26 bits per heavy atom. The van der Waals surface area contributed by atoms with Gasteiger partial charge in [-0.05, 0) is 19.8 Å². The minimum atomic E-state index is -0.852. The SMILES string of the molecule is CCC(OC(C)=O)[C@@H]1C[C@@H](C(C)O)[C@H](n2c(=O)sc3c(=O)[nH]c(N)nc32)O1. The van der Waals surface area contributed by atoms with Gasteiger partial charge in [0, 0.05) is 12.8 Å². The number of ether oxygens (including phenoxy) is 2. The number of nitrogens with zero attached hydrogens (tertiary/aromatic N) is 2. The number of nitrogens with two attached hydrogens (primary N) is 1. The number of aliphatic hydroxyl groups excluding tert-OH is 1. The molecule has 148 valence electrons. The van der Waals surface area contributed by atoms with Gasteiger partial charge in [-0.25, -0.2) is 0 Å². The van der Waals surface area contributed by atoms with E-state index in [2.05, 4.69) is 9.97 Å². The Kier molecular flexibility index (Phi) is 5.36. The van der Waals surface area contributed by atoms with Crippen molar-refractivity contribution in [3.63, 3.8) is 0 Å². The van der Waals surface area contributed by atoms with Crippen molar-refractivity contribution in [2.24, 2.45) is 5.92 Å². The minimum Gasteiger partial charge on any atom is -0.460 e. The molecule has 0 spiro atoms. The van der Waals surface area contributed by atoms with Gasteiger partial charge in [-0.15, -0.1) is 0 Å². The molecule has 1 saturated heterocycles. The summed E-state index contributed by atoms with van der Waals surface area (Å²) in [6, 6.07) is 0. The number of H-pyrrole nitrogens is 1. The van der Waals surface area contributed by atoms with Gasteiger partial charge in [-0.3, -0.25) is 23.9 Å². The summed E-state index contributed by atoms with van der Waals surface area (Å²) >= 11 is 0.739. The van der Waals surface area contributed by atoms with Gasteiger partial charge in [-0.1, -0.05) is 18.3 Å². The van der Waals surface area contributed by atoms with Crippen LogP contribution in [0.2, 0.25) is 0 Å². The van der Waals surface area contributed by atoms with Gasteiger partial charge < -0.3 is 20.3 Å². The Hall–Kier alpha value is -2.24. The van der Waals surface area contributed by atoms with Crippen LogP contribution in [0.4, 0.5) is 5.95 Å². The lowest BCUT2D eigenvalue weighted by Gasteiger charge is -2.23. The van der Waals surface area contributed by atoms with E-state index in [-0.39, 0.29) is 16.3 Å². The lowest BCUT2D eigenvalue weighted by atomic mass is 9.95. The van der Waals surface area contributed by atoms with Gasteiger partial charge in [0.2, 0.25) is 5.95 Å². The fourth-order valence-corrected chi connectivity index (χ4v) is 4.29. The summed E-state index contributed by atoms with van der Waals surface area (Å²) in [5, 5.41) is 10.2. The van der Waals surface area contributed by atoms with Gasteiger partial charge in [0.15, 0.2) is 5.65 Å². The van der Waals surface area contributed by atoms with Crippen molar-refractivity contribution in [1.29, 1.82) is 0 Å². The van der Waals surface area contributed by atoms with Gasteiger partial charge in [0.05, 0.1) is 12.2 Å².